The average molecular weight is 262 g/mol. The summed E-state index contributed by atoms with van der Waals surface area (Å²) in [6.45, 7) is 0.0654. The molecule has 0 spiro atoms. The zero-order valence-corrected chi connectivity index (χ0v) is 10.1. The van der Waals surface area contributed by atoms with Crippen LogP contribution in [0.15, 0.2) is 29.5 Å². The number of ketones is 1. The minimum Gasteiger partial charge on any atom is -0.489 e. The molecule has 2 heterocycles. The van der Waals surface area contributed by atoms with Crippen molar-refractivity contribution in [2.24, 2.45) is 0 Å². The van der Waals surface area contributed by atoms with Gasteiger partial charge in [0.2, 0.25) is 12.6 Å². The van der Waals surface area contributed by atoms with Gasteiger partial charge in [-0.15, -0.1) is 0 Å². The average Bonchev–Trinajstić information content (AvgIpc) is 3.02. The van der Waals surface area contributed by atoms with Crippen LogP contribution < -0.4 is 9.47 Å². The van der Waals surface area contributed by atoms with Crippen LogP contribution in [-0.4, -0.2) is 32.3 Å². The van der Waals surface area contributed by atoms with Gasteiger partial charge in [-0.1, -0.05) is 0 Å². The third-order valence-corrected chi connectivity index (χ3v) is 2.92. The number of carbonyl (C=O) groups is 2. The van der Waals surface area contributed by atoms with E-state index in [0.717, 1.165) is 0 Å². The van der Waals surface area contributed by atoms with Gasteiger partial charge >= 0.3 is 5.97 Å². The van der Waals surface area contributed by atoms with E-state index in [0.29, 0.717) is 17.1 Å². The molecule has 0 radical (unpaired) electrons. The van der Waals surface area contributed by atoms with Crippen LogP contribution in [-0.2, 0) is 14.3 Å². The molecule has 19 heavy (non-hydrogen) atoms. The number of carbonyl (C=O) groups excluding carboxylic acids is 2. The van der Waals surface area contributed by atoms with Crippen molar-refractivity contribution in [3.8, 4) is 11.5 Å². The molecule has 6 heteroatoms. The number of benzene rings is 1. The van der Waals surface area contributed by atoms with E-state index in [9.17, 15) is 9.59 Å². The first-order valence-corrected chi connectivity index (χ1v) is 5.59. The van der Waals surface area contributed by atoms with Crippen molar-refractivity contribution < 1.29 is 28.5 Å². The van der Waals surface area contributed by atoms with Crippen LogP contribution in [0.4, 0.5) is 0 Å². The van der Waals surface area contributed by atoms with E-state index in [4.69, 9.17) is 18.9 Å². The van der Waals surface area contributed by atoms with E-state index in [1.54, 1.807) is 18.2 Å². The second-order valence-corrected chi connectivity index (χ2v) is 3.99. The number of fused-ring (bicyclic) bond motifs is 1. The lowest BCUT2D eigenvalue weighted by molar-refractivity contribution is -0.138. The molecule has 3 rings (SSSR count). The van der Waals surface area contributed by atoms with Gasteiger partial charge in [0.25, 0.3) is 0 Å². The Balaban J connectivity index is 1.96. The maximum atomic E-state index is 12.3. The van der Waals surface area contributed by atoms with Gasteiger partial charge in [-0.2, -0.15) is 0 Å². The zero-order chi connectivity index (χ0) is 13.4. The Kier molecular flexibility index (Phi) is 2.63. The molecule has 0 saturated carbocycles. The van der Waals surface area contributed by atoms with Crippen LogP contribution in [0.2, 0.25) is 0 Å². The van der Waals surface area contributed by atoms with Crippen LogP contribution in [0, 0.1) is 0 Å². The number of hydrogen-bond acceptors (Lipinski definition) is 6. The van der Waals surface area contributed by atoms with Crippen molar-refractivity contribution >= 4 is 11.8 Å². The topological polar surface area (TPSA) is 71.1 Å². The van der Waals surface area contributed by atoms with Gasteiger partial charge in [0.15, 0.2) is 17.3 Å². The molecular weight excluding hydrogens is 252 g/mol. The van der Waals surface area contributed by atoms with Crippen molar-refractivity contribution in [1.82, 2.24) is 0 Å². The Bertz CT molecular complexity index is 601. The largest absolute Gasteiger partial charge is 0.489 e. The van der Waals surface area contributed by atoms with E-state index >= 15 is 0 Å². The number of rotatable bonds is 3. The predicted octanol–water partition coefficient (Wildman–Crippen LogP) is 1.06. The lowest BCUT2D eigenvalue weighted by Gasteiger charge is -2.03. The molecule has 6 nitrogen and oxygen atoms in total. The molecule has 0 unspecified atom stereocenters. The number of ether oxygens (including phenoxy) is 4. The van der Waals surface area contributed by atoms with Crippen LogP contribution in [0.5, 0.6) is 11.5 Å². The molecule has 0 aliphatic carbocycles. The van der Waals surface area contributed by atoms with E-state index in [1.165, 1.54) is 7.11 Å². The number of cyclic esters (lactones) is 1. The highest BCUT2D eigenvalue weighted by Crippen LogP contribution is 2.33. The summed E-state index contributed by atoms with van der Waals surface area (Å²) in [5.74, 6) is 0.127. The zero-order valence-electron chi connectivity index (χ0n) is 10.1. The van der Waals surface area contributed by atoms with Crippen LogP contribution in [0.3, 0.4) is 0 Å². The highest BCUT2D eigenvalue weighted by molar-refractivity contribution is 6.14. The van der Waals surface area contributed by atoms with Crippen molar-refractivity contribution in [1.29, 1.82) is 0 Å². The molecule has 0 N–H and O–H groups in total. The Morgan fingerprint density at radius 1 is 1.21 bits per heavy atom. The Morgan fingerprint density at radius 2 is 2.00 bits per heavy atom. The number of hydrogen-bond donors (Lipinski definition) is 0. The molecule has 0 aromatic heterocycles. The van der Waals surface area contributed by atoms with Gasteiger partial charge < -0.3 is 18.9 Å². The lowest BCUT2D eigenvalue weighted by Crippen LogP contribution is -2.07. The number of methoxy groups -OCH3 is 1. The predicted molar refractivity (Wildman–Crippen MR) is 61.9 cm³/mol. The normalized spacial score (nSPS) is 16.6. The fourth-order valence-electron chi connectivity index (χ4n) is 1.98. The van der Waals surface area contributed by atoms with Crippen LogP contribution in [0.25, 0.3) is 0 Å². The first-order valence-electron chi connectivity index (χ1n) is 5.59. The summed E-state index contributed by atoms with van der Waals surface area (Å²) in [4.78, 5) is 23.6. The molecule has 0 bridgehead atoms. The molecule has 0 amide bonds. The minimum atomic E-state index is -0.619. The van der Waals surface area contributed by atoms with E-state index in [1.807, 2.05) is 0 Å². The molecule has 2 aliphatic rings. The first-order chi connectivity index (χ1) is 9.20. The monoisotopic (exact) mass is 262 g/mol. The summed E-state index contributed by atoms with van der Waals surface area (Å²) in [7, 11) is 1.33. The Labute approximate surface area is 108 Å². The number of esters is 1. The maximum Gasteiger partial charge on any atom is 0.374 e. The van der Waals surface area contributed by atoms with Crippen molar-refractivity contribution in [3.05, 3.63) is 35.1 Å². The summed E-state index contributed by atoms with van der Waals surface area (Å²) < 4.78 is 20.1. The quantitative estimate of drug-likeness (QED) is 0.599. The summed E-state index contributed by atoms with van der Waals surface area (Å²) in [6, 6.07) is 4.84. The molecule has 1 aromatic rings. The Hall–Kier alpha value is -2.50. The maximum absolute atomic E-state index is 12.3. The summed E-state index contributed by atoms with van der Waals surface area (Å²) in [5, 5.41) is 0. The van der Waals surface area contributed by atoms with Gasteiger partial charge in [0.05, 0.1) is 12.7 Å². The van der Waals surface area contributed by atoms with Crippen LogP contribution >= 0.6 is 0 Å². The van der Waals surface area contributed by atoms with Crippen molar-refractivity contribution in [3.63, 3.8) is 0 Å². The molecule has 1 aromatic carbocycles. The summed E-state index contributed by atoms with van der Waals surface area (Å²) in [6.07, 6.45) is 0. The third kappa shape index (κ3) is 1.81. The first kappa shape index (κ1) is 11.6. The minimum absolute atomic E-state index is 0.0392. The van der Waals surface area contributed by atoms with Crippen molar-refractivity contribution in [2.45, 2.75) is 0 Å². The fourth-order valence-corrected chi connectivity index (χ4v) is 1.98. The molecule has 0 fully saturated rings. The molecule has 0 atom stereocenters. The van der Waals surface area contributed by atoms with Gasteiger partial charge in [0.1, 0.15) is 6.61 Å². The molecular formula is C13H10O6. The molecule has 2 aliphatic heterocycles. The van der Waals surface area contributed by atoms with Gasteiger partial charge in [-0.05, 0) is 18.2 Å². The Morgan fingerprint density at radius 3 is 2.79 bits per heavy atom. The van der Waals surface area contributed by atoms with Gasteiger partial charge in [-0.3, -0.25) is 4.79 Å². The fraction of sp³-hybridized carbons (Fsp3) is 0.231. The smallest absolute Gasteiger partial charge is 0.374 e. The molecule has 0 saturated heterocycles. The second kappa shape index (κ2) is 4.31. The third-order valence-electron chi connectivity index (χ3n) is 2.92. The summed E-state index contributed by atoms with van der Waals surface area (Å²) >= 11 is 0. The highest BCUT2D eigenvalue weighted by atomic mass is 16.7. The summed E-state index contributed by atoms with van der Waals surface area (Å²) in [5.41, 5.74) is 0.610. The van der Waals surface area contributed by atoms with E-state index in [-0.39, 0.29) is 30.5 Å². The van der Waals surface area contributed by atoms with Gasteiger partial charge in [-0.25, -0.2) is 4.79 Å². The lowest BCUT2D eigenvalue weighted by atomic mass is 10.0. The van der Waals surface area contributed by atoms with Crippen molar-refractivity contribution in [2.75, 3.05) is 20.5 Å². The van der Waals surface area contributed by atoms with Gasteiger partial charge in [0, 0.05) is 5.56 Å². The number of Topliss-reactive ketones (excluding diaryl/α,β-unsaturated/α-hetero) is 1. The van der Waals surface area contributed by atoms with Crippen LogP contribution in [0.1, 0.15) is 10.4 Å². The highest BCUT2D eigenvalue weighted by Gasteiger charge is 2.31. The second-order valence-electron chi connectivity index (χ2n) is 3.99. The SMILES string of the molecule is COC1=C(C(=O)c2ccc3c(c2)OCO3)COC1=O. The molecule has 98 valence electrons. The van der Waals surface area contributed by atoms with E-state index in [2.05, 4.69) is 0 Å². The standard InChI is InChI=1S/C13H10O6/c1-16-12-8(5-17-13(12)15)11(14)7-2-3-9-10(4-7)19-6-18-9/h2-4H,5-6H2,1H3. The van der Waals surface area contributed by atoms with E-state index < -0.39 is 5.97 Å².